The zero-order valence-corrected chi connectivity index (χ0v) is 15.4. The van der Waals surface area contributed by atoms with E-state index in [1.165, 1.54) is 0 Å². The number of aliphatic hydroxyl groups excluding tert-OH is 1. The van der Waals surface area contributed by atoms with Crippen molar-refractivity contribution < 1.29 is 9.90 Å². The Balaban J connectivity index is 2.11. The van der Waals surface area contributed by atoms with E-state index in [0.717, 1.165) is 43.6 Å². The maximum atomic E-state index is 12.9. The van der Waals surface area contributed by atoms with Gasteiger partial charge in [-0.05, 0) is 57.5 Å². The lowest BCUT2D eigenvalue weighted by molar-refractivity contribution is 0.0495. The predicted molar refractivity (Wildman–Crippen MR) is 98.6 cm³/mol. The summed E-state index contributed by atoms with van der Waals surface area (Å²) in [6.45, 7) is 1.78. The lowest BCUT2D eigenvalue weighted by atomic mass is 9.87. The zero-order valence-electron chi connectivity index (χ0n) is 15.4. The summed E-state index contributed by atoms with van der Waals surface area (Å²) in [7, 11) is 8.18. The van der Waals surface area contributed by atoms with Crippen molar-refractivity contribution in [3.63, 3.8) is 0 Å². The van der Waals surface area contributed by atoms with Gasteiger partial charge in [0, 0.05) is 51.1 Å². The molecule has 2 atom stereocenters. The first-order valence-corrected chi connectivity index (χ1v) is 8.78. The summed E-state index contributed by atoms with van der Waals surface area (Å²) in [5.74, 6) is 0.534. The molecule has 0 aliphatic carbocycles. The molecule has 134 valence electrons. The van der Waals surface area contributed by atoms with Gasteiger partial charge in [0.15, 0.2) is 0 Å². The molecule has 1 heterocycles. The number of rotatable bonds is 6. The van der Waals surface area contributed by atoms with Gasteiger partial charge >= 0.3 is 0 Å². The van der Waals surface area contributed by atoms with E-state index in [9.17, 15) is 4.79 Å². The Morgan fingerprint density at radius 1 is 1.29 bits per heavy atom. The van der Waals surface area contributed by atoms with E-state index >= 15 is 0 Å². The molecular formula is C19H31N3O2. The third kappa shape index (κ3) is 4.48. The van der Waals surface area contributed by atoms with Gasteiger partial charge in [0.1, 0.15) is 0 Å². The Labute approximate surface area is 145 Å². The molecule has 1 aliphatic rings. The second-order valence-electron chi connectivity index (χ2n) is 7.14. The summed E-state index contributed by atoms with van der Waals surface area (Å²) < 4.78 is 0. The van der Waals surface area contributed by atoms with E-state index in [1.54, 1.807) is 0 Å². The monoisotopic (exact) mass is 333 g/mol. The number of hydrogen-bond acceptors (Lipinski definition) is 4. The van der Waals surface area contributed by atoms with E-state index in [4.69, 9.17) is 5.11 Å². The molecule has 0 bridgehead atoms. The first-order chi connectivity index (χ1) is 11.4. The normalized spacial score (nSPS) is 21.2. The van der Waals surface area contributed by atoms with E-state index in [-0.39, 0.29) is 12.5 Å². The van der Waals surface area contributed by atoms with E-state index < -0.39 is 0 Å². The fourth-order valence-corrected chi connectivity index (χ4v) is 3.62. The molecule has 1 N–H and O–H groups in total. The summed E-state index contributed by atoms with van der Waals surface area (Å²) in [4.78, 5) is 19.2. The number of benzene rings is 1. The van der Waals surface area contributed by atoms with Gasteiger partial charge < -0.3 is 19.8 Å². The number of hydrogen-bond donors (Lipinski definition) is 1. The molecule has 0 saturated carbocycles. The second-order valence-corrected chi connectivity index (χ2v) is 7.14. The minimum absolute atomic E-state index is 0.116. The summed E-state index contributed by atoms with van der Waals surface area (Å²) in [6.07, 6.45) is 2.75. The highest BCUT2D eigenvalue weighted by atomic mass is 16.3. The van der Waals surface area contributed by atoms with Gasteiger partial charge in [0.25, 0.3) is 5.91 Å². The van der Waals surface area contributed by atoms with E-state index in [1.807, 2.05) is 48.2 Å². The summed E-state index contributed by atoms with van der Waals surface area (Å²) in [6, 6.07) is 8.30. The molecule has 1 aromatic carbocycles. The maximum absolute atomic E-state index is 12.9. The van der Waals surface area contributed by atoms with Crippen molar-refractivity contribution in [2.24, 2.45) is 5.92 Å². The number of carbonyl (C=O) groups excluding carboxylic acids is 1. The van der Waals surface area contributed by atoms with Gasteiger partial charge in [-0.2, -0.15) is 0 Å². The van der Waals surface area contributed by atoms with E-state index in [2.05, 4.69) is 19.0 Å². The Bertz CT molecular complexity index is 545. The van der Waals surface area contributed by atoms with Gasteiger partial charge in [-0.1, -0.05) is 6.07 Å². The van der Waals surface area contributed by atoms with Crippen molar-refractivity contribution in [3.05, 3.63) is 29.8 Å². The number of nitrogens with zero attached hydrogens (tertiary/aromatic N) is 3. The predicted octanol–water partition coefficient (Wildman–Crippen LogP) is 1.92. The standard InChI is InChI=1S/C19H31N3O2/c1-20(2)17-9-5-7-15(13-17)19(24)22-11-10-18(21(3)4)16(14-22)8-6-12-23/h5,7,9,13,16,18,23H,6,8,10-12,14H2,1-4H3/t16-,18+/m1/s1. The van der Waals surface area contributed by atoms with Crippen molar-refractivity contribution in [2.45, 2.75) is 25.3 Å². The molecule has 0 radical (unpaired) electrons. The van der Waals surface area contributed by atoms with E-state index in [0.29, 0.717) is 12.0 Å². The van der Waals surface area contributed by atoms with Crippen molar-refractivity contribution >= 4 is 11.6 Å². The van der Waals surface area contributed by atoms with Crippen LogP contribution in [-0.4, -0.2) is 74.7 Å². The summed E-state index contributed by atoms with van der Waals surface area (Å²) >= 11 is 0. The van der Waals surface area contributed by atoms with Gasteiger partial charge in [-0.25, -0.2) is 0 Å². The maximum Gasteiger partial charge on any atom is 0.253 e. The van der Waals surface area contributed by atoms with Gasteiger partial charge in [-0.15, -0.1) is 0 Å². The third-order valence-corrected chi connectivity index (χ3v) is 4.99. The number of likely N-dealkylation sites (tertiary alicyclic amines) is 1. The molecule has 1 amide bonds. The minimum atomic E-state index is 0.116. The largest absolute Gasteiger partial charge is 0.396 e. The number of piperidine rings is 1. The lowest BCUT2D eigenvalue weighted by Crippen LogP contribution is -2.50. The Morgan fingerprint density at radius 3 is 2.67 bits per heavy atom. The van der Waals surface area contributed by atoms with Gasteiger partial charge in [0.05, 0.1) is 0 Å². The Kier molecular flexibility index (Phi) is 6.63. The van der Waals surface area contributed by atoms with Crippen molar-refractivity contribution in [1.82, 2.24) is 9.80 Å². The SMILES string of the molecule is CN(C)c1cccc(C(=O)N2CC[C@H](N(C)C)[C@H](CCCO)C2)c1. The number of aliphatic hydroxyl groups is 1. The first-order valence-electron chi connectivity index (χ1n) is 8.78. The van der Waals surface area contributed by atoms with Crippen molar-refractivity contribution in [1.29, 1.82) is 0 Å². The van der Waals surface area contributed by atoms with Crippen LogP contribution in [0.1, 0.15) is 29.6 Å². The molecule has 1 saturated heterocycles. The molecule has 1 fully saturated rings. The van der Waals surface area contributed by atoms with Crippen LogP contribution < -0.4 is 4.90 Å². The van der Waals surface area contributed by atoms with Crippen LogP contribution in [0.25, 0.3) is 0 Å². The highest BCUT2D eigenvalue weighted by molar-refractivity contribution is 5.95. The lowest BCUT2D eigenvalue weighted by Gasteiger charge is -2.41. The Hall–Kier alpha value is -1.59. The van der Waals surface area contributed by atoms with Crippen LogP contribution in [0.3, 0.4) is 0 Å². The molecule has 1 aromatic rings. The smallest absolute Gasteiger partial charge is 0.253 e. The number of anilines is 1. The average Bonchev–Trinajstić information content (AvgIpc) is 2.58. The van der Waals surface area contributed by atoms with Gasteiger partial charge in [0.2, 0.25) is 0 Å². The first kappa shape index (κ1) is 18.7. The highest BCUT2D eigenvalue weighted by Crippen LogP contribution is 2.26. The Morgan fingerprint density at radius 2 is 2.04 bits per heavy atom. The van der Waals surface area contributed by atoms with Crippen LogP contribution in [0.5, 0.6) is 0 Å². The number of carbonyl (C=O) groups is 1. The molecule has 0 aromatic heterocycles. The zero-order chi connectivity index (χ0) is 17.7. The fraction of sp³-hybridized carbons (Fsp3) is 0.632. The third-order valence-electron chi connectivity index (χ3n) is 4.99. The van der Waals surface area contributed by atoms with Crippen LogP contribution in [0.15, 0.2) is 24.3 Å². The molecule has 0 unspecified atom stereocenters. The highest BCUT2D eigenvalue weighted by Gasteiger charge is 2.32. The van der Waals surface area contributed by atoms with Crippen molar-refractivity contribution in [2.75, 3.05) is 52.8 Å². The molecule has 24 heavy (non-hydrogen) atoms. The fourth-order valence-electron chi connectivity index (χ4n) is 3.62. The van der Waals surface area contributed by atoms with Gasteiger partial charge in [-0.3, -0.25) is 4.79 Å². The van der Waals surface area contributed by atoms with Crippen molar-refractivity contribution in [3.8, 4) is 0 Å². The topological polar surface area (TPSA) is 47.0 Å². The molecule has 5 nitrogen and oxygen atoms in total. The summed E-state index contributed by atoms with van der Waals surface area (Å²) in [5.41, 5.74) is 1.80. The molecule has 5 heteroatoms. The minimum Gasteiger partial charge on any atom is -0.396 e. The summed E-state index contributed by atoms with van der Waals surface area (Å²) in [5, 5.41) is 9.16. The van der Waals surface area contributed by atoms with Crippen LogP contribution in [0.2, 0.25) is 0 Å². The van der Waals surface area contributed by atoms with Crippen LogP contribution >= 0.6 is 0 Å². The van der Waals surface area contributed by atoms with Crippen LogP contribution in [0.4, 0.5) is 5.69 Å². The second kappa shape index (κ2) is 8.49. The average molecular weight is 333 g/mol. The van der Waals surface area contributed by atoms with Crippen LogP contribution in [0, 0.1) is 5.92 Å². The molecule has 2 rings (SSSR count). The molecule has 1 aliphatic heterocycles. The molecular weight excluding hydrogens is 302 g/mol. The van der Waals surface area contributed by atoms with Crippen LogP contribution in [-0.2, 0) is 0 Å². The number of amides is 1. The quantitative estimate of drug-likeness (QED) is 0.864. The molecule has 0 spiro atoms.